The minimum Gasteiger partial charge on any atom is -0.507 e. The summed E-state index contributed by atoms with van der Waals surface area (Å²) in [5.41, 5.74) is -1.17. The molecule has 3 fully saturated rings. The van der Waals surface area contributed by atoms with Crippen LogP contribution in [-0.2, 0) is 32.0 Å². The molecule has 4 aliphatic carbocycles. The molecule has 0 spiro atoms. The van der Waals surface area contributed by atoms with Crippen LogP contribution in [0.2, 0.25) is 0 Å². The lowest BCUT2D eigenvalue weighted by atomic mass is 9.39. The summed E-state index contributed by atoms with van der Waals surface area (Å²) in [6.07, 6.45) is 6.11. The van der Waals surface area contributed by atoms with Crippen molar-refractivity contribution in [2.75, 3.05) is 0 Å². The van der Waals surface area contributed by atoms with Gasteiger partial charge in [0.1, 0.15) is 17.5 Å². The first-order valence-corrected chi connectivity index (χ1v) is 18.2. The van der Waals surface area contributed by atoms with Crippen LogP contribution in [0.1, 0.15) is 120 Å². The number of hydrogen-bond acceptors (Lipinski definition) is 7. The van der Waals surface area contributed by atoms with Crippen LogP contribution in [0.4, 0.5) is 0 Å². The molecule has 2 aromatic carbocycles. The van der Waals surface area contributed by atoms with Gasteiger partial charge in [0.05, 0.1) is 11.5 Å². The maximum atomic E-state index is 14.8. The van der Waals surface area contributed by atoms with E-state index in [1.165, 1.54) is 31.2 Å². The van der Waals surface area contributed by atoms with Crippen molar-refractivity contribution in [1.82, 2.24) is 0 Å². The predicted molar refractivity (Wildman–Crippen MR) is 187 cm³/mol. The maximum absolute atomic E-state index is 14.8. The summed E-state index contributed by atoms with van der Waals surface area (Å²) >= 11 is 0. The zero-order valence-electron chi connectivity index (χ0n) is 30.3. The van der Waals surface area contributed by atoms with Gasteiger partial charge in [-0.1, -0.05) is 85.6 Å². The highest BCUT2D eigenvalue weighted by molar-refractivity contribution is 6.32. The average Bonchev–Trinajstić information content (AvgIpc) is 3.00. The smallest absolute Gasteiger partial charge is 0.190 e. The Balaban J connectivity index is 1.48. The molecule has 4 aliphatic rings. The average molecular weight is 669 g/mol. The van der Waals surface area contributed by atoms with Crippen LogP contribution >= 0.6 is 0 Å². The largest absolute Gasteiger partial charge is 0.507 e. The first-order chi connectivity index (χ1) is 22.9. The lowest BCUT2D eigenvalue weighted by molar-refractivity contribution is -0.205. The Bertz CT molecular complexity index is 1760. The summed E-state index contributed by atoms with van der Waals surface area (Å²) in [6.45, 7) is 14.5. The van der Waals surface area contributed by atoms with Gasteiger partial charge in [-0.25, -0.2) is 0 Å². The molecule has 0 saturated heterocycles. The summed E-state index contributed by atoms with van der Waals surface area (Å²) in [4.78, 5) is 70.0. The Hall–Kier alpha value is -3.45. The molecular weight excluding hydrogens is 616 g/mol. The molecule has 49 heavy (non-hydrogen) atoms. The molecule has 0 bridgehead atoms. The summed E-state index contributed by atoms with van der Waals surface area (Å²) in [5.74, 6) is -7.37. The SMILES string of the molecule is CC(=O)C1C(=O)C(C(C)C)[C@@]2(C)C[C@@]3(C)Cc4c(C(C)C)cc(-c5cccc(CC6CCC(C)CC6)c5)c(O)c4C(=O)C3C(=O)[C@@]2(O)C1=O. The number of carbonyl (C=O) groups is 5. The van der Waals surface area contributed by atoms with Gasteiger partial charge in [0.2, 0.25) is 0 Å². The number of hydrogen-bond donors (Lipinski definition) is 2. The van der Waals surface area contributed by atoms with Crippen molar-refractivity contribution in [3.63, 3.8) is 0 Å². The Labute approximate surface area is 290 Å². The van der Waals surface area contributed by atoms with Crippen LogP contribution in [0, 0.1) is 46.3 Å². The molecule has 3 saturated carbocycles. The quantitative estimate of drug-likeness (QED) is 0.311. The maximum Gasteiger partial charge on any atom is 0.190 e. The van der Waals surface area contributed by atoms with Crippen molar-refractivity contribution in [1.29, 1.82) is 0 Å². The fourth-order valence-electron chi connectivity index (χ4n) is 10.7. The number of phenolic OH excluding ortho intramolecular Hbond substituents is 1. The highest BCUT2D eigenvalue weighted by atomic mass is 16.3. The second kappa shape index (κ2) is 12.1. The Morgan fingerprint density at radius 2 is 1.61 bits per heavy atom. The first kappa shape index (κ1) is 35.4. The van der Waals surface area contributed by atoms with Gasteiger partial charge in [-0.2, -0.15) is 0 Å². The third-order valence-electron chi connectivity index (χ3n) is 12.9. The molecule has 0 amide bonds. The number of aliphatic hydroxyl groups is 1. The van der Waals surface area contributed by atoms with E-state index < -0.39 is 63.1 Å². The Morgan fingerprint density at radius 1 is 0.959 bits per heavy atom. The highest BCUT2D eigenvalue weighted by Gasteiger charge is 2.76. The van der Waals surface area contributed by atoms with Gasteiger partial charge in [-0.05, 0) is 96.4 Å². The van der Waals surface area contributed by atoms with Crippen LogP contribution in [0.25, 0.3) is 11.1 Å². The van der Waals surface area contributed by atoms with Crippen molar-refractivity contribution in [3.8, 4) is 16.9 Å². The van der Waals surface area contributed by atoms with E-state index in [2.05, 4.69) is 19.1 Å². The molecule has 7 heteroatoms. The number of phenols is 1. The molecule has 0 radical (unpaired) electrons. The van der Waals surface area contributed by atoms with Crippen LogP contribution in [-0.4, -0.2) is 44.7 Å². The molecular formula is C42H52O7. The minimum atomic E-state index is -2.71. The second-order valence-electron chi connectivity index (χ2n) is 17.2. The van der Waals surface area contributed by atoms with E-state index >= 15 is 0 Å². The molecule has 6 atom stereocenters. The van der Waals surface area contributed by atoms with Gasteiger partial charge in [-0.3, -0.25) is 24.0 Å². The summed E-state index contributed by atoms with van der Waals surface area (Å²) in [5, 5.41) is 24.3. The molecule has 262 valence electrons. The molecule has 0 aromatic heterocycles. The van der Waals surface area contributed by atoms with Gasteiger partial charge < -0.3 is 10.2 Å². The lowest BCUT2D eigenvalue weighted by Crippen LogP contribution is -2.76. The van der Waals surface area contributed by atoms with E-state index in [1.54, 1.807) is 20.8 Å². The third-order valence-corrected chi connectivity index (χ3v) is 12.9. The summed E-state index contributed by atoms with van der Waals surface area (Å²) in [7, 11) is 0. The zero-order chi connectivity index (χ0) is 36.0. The van der Waals surface area contributed by atoms with E-state index in [4.69, 9.17) is 0 Å². The number of fused-ring (bicyclic) bond motifs is 3. The molecule has 0 aliphatic heterocycles. The fourth-order valence-corrected chi connectivity index (χ4v) is 10.7. The van der Waals surface area contributed by atoms with Crippen molar-refractivity contribution in [3.05, 3.63) is 52.6 Å². The lowest BCUT2D eigenvalue weighted by Gasteiger charge is -2.62. The van der Waals surface area contributed by atoms with E-state index in [0.29, 0.717) is 17.0 Å². The third kappa shape index (κ3) is 5.20. The van der Waals surface area contributed by atoms with Crippen molar-refractivity contribution >= 4 is 28.9 Å². The molecule has 0 heterocycles. The number of benzene rings is 2. The van der Waals surface area contributed by atoms with Gasteiger partial charge in [-0.15, -0.1) is 0 Å². The van der Waals surface area contributed by atoms with Crippen LogP contribution < -0.4 is 0 Å². The van der Waals surface area contributed by atoms with Crippen LogP contribution in [0.5, 0.6) is 5.75 Å². The number of aromatic hydroxyl groups is 1. The second-order valence-corrected chi connectivity index (χ2v) is 17.2. The Kier molecular flexibility index (Phi) is 8.74. The molecule has 3 unspecified atom stereocenters. The number of carbonyl (C=O) groups excluding carboxylic acids is 5. The number of ketones is 5. The summed E-state index contributed by atoms with van der Waals surface area (Å²) < 4.78 is 0. The van der Waals surface area contributed by atoms with Gasteiger partial charge in [0.15, 0.2) is 28.7 Å². The van der Waals surface area contributed by atoms with Crippen molar-refractivity contribution in [2.45, 2.75) is 112 Å². The fraction of sp³-hybridized carbons (Fsp3) is 0.595. The van der Waals surface area contributed by atoms with E-state index in [1.807, 2.05) is 39.0 Å². The van der Waals surface area contributed by atoms with Crippen LogP contribution in [0.15, 0.2) is 30.3 Å². The van der Waals surface area contributed by atoms with Gasteiger partial charge >= 0.3 is 0 Å². The van der Waals surface area contributed by atoms with E-state index in [-0.39, 0.29) is 36.0 Å². The summed E-state index contributed by atoms with van der Waals surface area (Å²) in [6, 6.07) is 10.1. The van der Waals surface area contributed by atoms with Crippen molar-refractivity contribution in [2.24, 2.45) is 46.3 Å². The normalized spacial score (nSPS) is 34.6. The zero-order valence-corrected chi connectivity index (χ0v) is 30.3. The van der Waals surface area contributed by atoms with E-state index in [0.717, 1.165) is 30.4 Å². The molecule has 2 aromatic rings. The van der Waals surface area contributed by atoms with Gasteiger partial charge in [0, 0.05) is 16.9 Å². The number of Topliss-reactive ketones (excluding diaryl/α,β-unsaturated/α-hetero) is 5. The number of rotatable bonds is 6. The minimum absolute atomic E-state index is 0.0159. The molecule has 7 nitrogen and oxygen atoms in total. The topological polar surface area (TPSA) is 126 Å². The monoisotopic (exact) mass is 668 g/mol. The first-order valence-electron chi connectivity index (χ1n) is 18.2. The molecule has 2 N–H and O–H groups in total. The Morgan fingerprint density at radius 3 is 2.20 bits per heavy atom. The molecule has 6 rings (SSSR count). The van der Waals surface area contributed by atoms with Crippen molar-refractivity contribution < 1.29 is 34.2 Å². The highest BCUT2D eigenvalue weighted by Crippen LogP contribution is 2.64. The standard InChI is InChI=1S/C42H52O7/c1-21(2)28-18-29(27-11-9-10-26(17-27)16-25-14-12-23(5)13-15-25)35(44)32-30(28)19-40(7)20-41(8)33(22(3)4)36(45)31(24(6)43)38(47)42(41,49)39(48)34(40)37(32)46/h9-11,17-18,21-23,25,31,33-34,44,49H,12-16,19-20H2,1-8H3/t23?,25?,31?,33?,34?,40-,41-,42+/m1/s1. The predicted octanol–water partition coefficient (Wildman–Crippen LogP) is 7.25. The van der Waals surface area contributed by atoms with Gasteiger partial charge in [0.25, 0.3) is 0 Å². The van der Waals surface area contributed by atoms with E-state index in [9.17, 15) is 34.2 Å². The van der Waals surface area contributed by atoms with Crippen LogP contribution in [0.3, 0.4) is 0 Å².